The first kappa shape index (κ1) is 22.6. The molecule has 0 aromatic heterocycles. The van der Waals surface area contributed by atoms with Crippen LogP contribution in [0, 0.1) is 5.92 Å². The number of carbonyl (C=O) groups excluding carboxylic acids is 3. The summed E-state index contributed by atoms with van der Waals surface area (Å²) in [5.41, 5.74) is 1.56. The van der Waals surface area contributed by atoms with Gasteiger partial charge in [-0.05, 0) is 50.6 Å². The highest BCUT2D eigenvalue weighted by atomic mass is 16.5. The molecule has 2 aliphatic heterocycles. The highest BCUT2D eigenvalue weighted by Gasteiger charge is 2.35. The number of rotatable bonds is 7. The summed E-state index contributed by atoms with van der Waals surface area (Å²) in [5, 5.41) is 5.58. The first-order valence-corrected chi connectivity index (χ1v) is 10.4. The topological polar surface area (TPSA) is 106 Å². The Morgan fingerprint density at radius 1 is 1.19 bits per heavy atom. The average molecular weight is 431 g/mol. The average Bonchev–Trinajstić information content (AvgIpc) is 2.79. The number of urea groups is 1. The Labute approximate surface area is 181 Å². The van der Waals surface area contributed by atoms with Crippen molar-refractivity contribution in [1.29, 1.82) is 0 Å². The normalized spacial score (nSPS) is 20.0. The lowest BCUT2D eigenvalue weighted by atomic mass is 9.93. The summed E-state index contributed by atoms with van der Waals surface area (Å²) in [6.45, 7) is 3.86. The maximum absolute atomic E-state index is 12.7. The van der Waals surface area contributed by atoms with Gasteiger partial charge in [-0.3, -0.25) is 9.69 Å². The number of carbonyl (C=O) groups is 3. The zero-order chi connectivity index (χ0) is 22.4. The van der Waals surface area contributed by atoms with Crippen molar-refractivity contribution in [2.45, 2.75) is 25.8 Å². The van der Waals surface area contributed by atoms with Crippen LogP contribution in [0.25, 0.3) is 0 Å². The van der Waals surface area contributed by atoms with Crippen LogP contribution in [0.3, 0.4) is 0 Å². The van der Waals surface area contributed by atoms with Gasteiger partial charge < -0.3 is 24.8 Å². The smallest absolute Gasteiger partial charge is 0.338 e. The molecular weight excluding hydrogens is 402 g/mol. The second kappa shape index (κ2) is 10.3. The lowest BCUT2D eigenvalue weighted by Crippen LogP contribution is -2.49. The number of benzene rings is 1. The Morgan fingerprint density at radius 3 is 2.58 bits per heavy atom. The van der Waals surface area contributed by atoms with E-state index in [0.717, 1.165) is 0 Å². The van der Waals surface area contributed by atoms with Gasteiger partial charge in [-0.25, -0.2) is 9.59 Å². The molecule has 1 atom stereocenters. The van der Waals surface area contributed by atoms with Gasteiger partial charge >= 0.3 is 18.0 Å². The molecule has 1 saturated heterocycles. The van der Waals surface area contributed by atoms with Gasteiger partial charge in [0.25, 0.3) is 0 Å². The van der Waals surface area contributed by atoms with E-state index in [4.69, 9.17) is 14.2 Å². The SMILES string of the molecule is CCOC(=O)C1CCN(CC2=C(C(=O)OC)C(c3cccc(OC)c3)NC(=O)N2)CC1. The van der Waals surface area contributed by atoms with E-state index in [-0.39, 0.29) is 11.9 Å². The third-order valence-electron chi connectivity index (χ3n) is 5.58. The van der Waals surface area contributed by atoms with Crippen molar-refractivity contribution in [3.05, 3.63) is 41.1 Å². The first-order chi connectivity index (χ1) is 15.0. The van der Waals surface area contributed by atoms with Crippen LogP contribution in [-0.4, -0.2) is 63.3 Å². The molecular formula is C22H29N3O6. The number of nitrogens with one attached hydrogen (secondary N) is 2. The Kier molecular flexibility index (Phi) is 7.51. The number of nitrogens with zero attached hydrogens (tertiary/aromatic N) is 1. The third-order valence-corrected chi connectivity index (χ3v) is 5.58. The number of ether oxygens (including phenoxy) is 3. The van der Waals surface area contributed by atoms with Gasteiger partial charge in [0.15, 0.2) is 0 Å². The second-order valence-electron chi connectivity index (χ2n) is 7.49. The number of amides is 2. The van der Waals surface area contributed by atoms with Gasteiger partial charge in [0.05, 0.1) is 38.4 Å². The van der Waals surface area contributed by atoms with Crippen LogP contribution in [0.2, 0.25) is 0 Å². The third kappa shape index (κ3) is 5.35. The van der Waals surface area contributed by atoms with Crippen LogP contribution >= 0.6 is 0 Å². The number of hydrogen-bond acceptors (Lipinski definition) is 7. The lowest BCUT2D eigenvalue weighted by molar-refractivity contribution is -0.149. The van der Waals surface area contributed by atoms with Crippen LogP contribution in [0.1, 0.15) is 31.4 Å². The summed E-state index contributed by atoms with van der Waals surface area (Å²) in [6, 6.07) is 6.14. The molecule has 2 aliphatic rings. The molecule has 2 N–H and O–H groups in total. The van der Waals surface area contributed by atoms with Crippen LogP contribution < -0.4 is 15.4 Å². The molecule has 1 aromatic carbocycles. The van der Waals surface area contributed by atoms with Crippen molar-refractivity contribution in [3.8, 4) is 5.75 Å². The van der Waals surface area contributed by atoms with Gasteiger partial charge in [0, 0.05) is 12.2 Å². The van der Waals surface area contributed by atoms with Crippen molar-refractivity contribution in [1.82, 2.24) is 15.5 Å². The molecule has 0 aliphatic carbocycles. The summed E-state index contributed by atoms with van der Waals surface area (Å²) >= 11 is 0. The monoisotopic (exact) mass is 431 g/mol. The summed E-state index contributed by atoms with van der Waals surface area (Å²) in [7, 11) is 2.87. The predicted molar refractivity (Wildman–Crippen MR) is 112 cm³/mol. The Balaban J connectivity index is 1.83. The summed E-state index contributed by atoms with van der Waals surface area (Å²) < 4.78 is 15.4. The molecule has 9 nitrogen and oxygen atoms in total. The minimum absolute atomic E-state index is 0.114. The van der Waals surface area contributed by atoms with Crippen molar-refractivity contribution in [2.75, 3.05) is 40.5 Å². The number of hydrogen-bond donors (Lipinski definition) is 2. The van der Waals surface area contributed by atoms with E-state index < -0.39 is 18.0 Å². The van der Waals surface area contributed by atoms with E-state index in [9.17, 15) is 14.4 Å². The quantitative estimate of drug-likeness (QED) is 0.634. The molecule has 3 rings (SSSR count). The van der Waals surface area contributed by atoms with Gasteiger partial charge in [-0.1, -0.05) is 12.1 Å². The molecule has 1 aromatic rings. The Hall–Kier alpha value is -3.07. The zero-order valence-corrected chi connectivity index (χ0v) is 18.1. The number of methoxy groups -OCH3 is 2. The fraction of sp³-hybridized carbons (Fsp3) is 0.500. The highest BCUT2D eigenvalue weighted by Crippen LogP contribution is 2.30. The van der Waals surface area contributed by atoms with Gasteiger partial charge in [-0.2, -0.15) is 0 Å². The van der Waals surface area contributed by atoms with Crippen molar-refractivity contribution in [3.63, 3.8) is 0 Å². The molecule has 0 saturated carbocycles. The molecule has 0 bridgehead atoms. The fourth-order valence-electron chi connectivity index (χ4n) is 3.98. The number of esters is 2. The molecule has 1 unspecified atom stereocenters. The molecule has 2 amide bonds. The summed E-state index contributed by atoms with van der Waals surface area (Å²) in [4.78, 5) is 39.2. The van der Waals surface area contributed by atoms with Crippen molar-refractivity contribution < 1.29 is 28.6 Å². The van der Waals surface area contributed by atoms with Crippen molar-refractivity contribution in [2.24, 2.45) is 5.92 Å². The number of likely N-dealkylation sites (tertiary alicyclic amines) is 1. The summed E-state index contributed by atoms with van der Waals surface area (Å²) in [5.74, 6) is -0.170. The molecule has 9 heteroatoms. The van der Waals surface area contributed by atoms with E-state index in [1.807, 2.05) is 6.07 Å². The molecule has 2 heterocycles. The minimum atomic E-state index is -0.664. The lowest BCUT2D eigenvalue weighted by Gasteiger charge is -2.34. The van der Waals surface area contributed by atoms with Crippen LogP contribution in [0.5, 0.6) is 5.75 Å². The molecule has 1 fully saturated rings. The van der Waals surface area contributed by atoms with E-state index in [1.165, 1.54) is 7.11 Å². The Bertz CT molecular complexity index is 861. The van der Waals surface area contributed by atoms with Gasteiger partial charge in [0.2, 0.25) is 0 Å². The van der Waals surface area contributed by atoms with Gasteiger partial charge in [-0.15, -0.1) is 0 Å². The standard InChI is InChI=1S/C22H29N3O6/c1-4-31-20(26)14-8-10-25(11-9-14)13-17-18(21(27)30-3)19(24-22(28)23-17)15-6-5-7-16(12-15)29-2/h5-7,12,14,19H,4,8-11,13H2,1-3H3,(H2,23,24,28). The van der Waals surface area contributed by atoms with Crippen LogP contribution in [0.4, 0.5) is 4.79 Å². The van der Waals surface area contributed by atoms with E-state index in [0.29, 0.717) is 61.7 Å². The Morgan fingerprint density at radius 2 is 1.94 bits per heavy atom. The largest absolute Gasteiger partial charge is 0.497 e. The number of piperidine rings is 1. The molecule has 0 spiro atoms. The van der Waals surface area contributed by atoms with Crippen LogP contribution in [-0.2, 0) is 19.1 Å². The van der Waals surface area contributed by atoms with E-state index >= 15 is 0 Å². The molecule has 0 radical (unpaired) electrons. The predicted octanol–water partition coefficient (Wildman–Crippen LogP) is 1.75. The van der Waals surface area contributed by atoms with Crippen LogP contribution in [0.15, 0.2) is 35.5 Å². The van der Waals surface area contributed by atoms with Gasteiger partial charge in [0.1, 0.15) is 5.75 Å². The molecule has 31 heavy (non-hydrogen) atoms. The van der Waals surface area contributed by atoms with E-state index in [2.05, 4.69) is 15.5 Å². The first-order valence-electron chi connectivity index (χ1n) is 10.4. The maximum atomic E-state index is 12.7. The maximum Gasteiger partial charge on any atom is 0.338 e. The minimum Gasteiger partial charge on any atom is -0.497 e. The van der Waals surface area contributed by atoms with E-state index in [1.54, 1.807) is 32.2 Å². The zero-order valence-electron chi connectivity index (χ0n) is 18.1. The second-order valence-corrected chi connectivity index (χ2v) is 7.49. The summed E-state index contributed by atoms with van der Waals surface area (Å²) in [6.07, 6.45) is 1.34. The fourth-order valence-corrected chi connectivity index (χ4v) is 3.98. The molecule has 168 valence electrons. The van der Waals surface area contributed by atoms with Crippen molar-refractivity contribution >= 4 is 18.0 Å². The highest BCUT2D eigenvalue weighted by molar-refractivity contribution is 5.95.